The number of nitrogens with zero attached hydrogens (tertiary/aromatic N) is 2. The van der Waals surface area contributed by atoms with Crippen LogP contribution in [0, 0.1) is 10.9 Å². The molecule has 0 aliphatic rings. The number of anilines is 2. The van der Waals surface area contributed by atoms with Gasteiger partial charge in [-0.2, -0.15) is 0 Å². The summed E-state index contributed by atoms with van der Waals surface area (Å²) in [6.07, 6.45) is 0. The fourth-order valence-electron chi connectivity index (χ4n) is 1.56. The Balaban J connectivity index is 2.40. The smallest absolute Gasteiger partial charge is 0.211 e. The van der Waals surface area contributed by atoms with E-state index in [1.807, 2.05) is 0 Å². The molecule has 0 amide bonds. The van der Waals surface area contributed by atoms with E-state index >= 15 is 0 Å². The second-order valence-electron chi connectivity index (χ2n) is 3.48. The highest BCUT2D eigenvalue weighted by Gasteiger charge is 2.10. The summed E-state index contributed by atoms with van der Waals surface area (Å²) < 4.78 is 0.709. The van der Waals surface area contributed by atoms with Gasteiger partial charge in [0.25, 0.3) is 0 Å². The van der Waals surface area contributed by atoms with Crippen LogP contribution in [0.1, 0.15) is 12.5 Å². The number of hydrogen-bond acceptors (Lipinski definition) is 4. The van der Waals surface area contributed by atoms with E-state index in [-0.39, 0.29) is 0 Å². The second kappa shape index (κ2) is 4.76. The van der Waals surface area contributed by atoms with Crippen molar-refractivity contribution >= 4 is 34.4 Å². The van der Waals surface area contributed by atoms with E-state index in [1.54, 1.807) is 0 Å². The minimum absolute atomic E-state index is 0.709. The maximum atomic E-state index is 5.05. The Morgan fingerprint density at radius 2 is 2.31 bits per heavy atom. The zero-order valence-electron chi connectivity index (χ0n) is 9.23. The van der Waals surface area contributed by atoms with Crippen molar-refractivity contribution in [1.82, 2.24) is 10.2 Å². The van der Waals surface area contributed by atoms with Gasteiger partial charge in [0.1, 0.15) is 0 Å². The molecule has 0 radical (unpaired) electrons. The normalized spacial score (nSPS) is 10.4. The van der Waals surface area contributed by atoms with Gasteiger partial charge >= 0.3 is 0 Å². The summed E-state index contributed by atoms with van der Waals surface area (Å²) in [4.78, 5) is 2.14. The van der Waals surface area contributed by atoms with Gasteiger partial charge < -0.3 is 4.90 Å². The van der Waals surface area contributed by atoms with E-state index in [0.29, 0.717) is 3.95 Å². The first-order valence-corrected chi connectivity index (χ1v) is 6.33. The highest BCUT2D eigenvalue weighted by atomic mass is 32.1. The van der Waals surface area contributed by atoms with Gasteiger partial charge in [-0.1, -0.05) is 23.5 Å². The van der Waals surface area contributed by atoms with Gasteiger partial charge in [0, 0.05) is 12.2 Å². The molecule has 0 atom stereocenters. The first-order chi connectivity index (χ1) is 7.70. The molecular formula is C11H13N3S2. The molecule has 0 unspecified atom stereocenters. The Hall–Kier alpha value is -1.20. The number of H-pyrrole nitrogens is 1. The number of aromatic amines is 1. The zero-order chi connectivity index (χ0) is 11.5. The van der Waals surface area contributed by atoms with Gasteiger partial charge in [0.15, 0.2) is 3.95 Å². The first kappa shape index (κ1) is 11.3. The highest BCUT2D eigenvalue weighted by Crippen LogP contribution is 2.27. The topological polar surface area (TPSA) is 31.9 Å². The summed E-state index contributed by atoms with van der Waals surface area (Å²) in [5, 5.41) is 7.93. The summed E-state index contributed by atoms with van der Waals surface area (Å²) in [6.45, 7) is 5.07. The maximum absolute atomic E-state index is 5.05. The fraction of sp³-hybridized carbons (Fsp3) is 0.273. The second-order valence-corrected chi connectivity index (χ2v) is 5.12. The standard InChI is InChI=1S/C11H13N3S2/c1-3-14(10-12-13-11(15)16-10)9-6-4-5-8(2)7-9/h4-7H,3H2,1-2H3,(H,13,15). The molecule has 1 heterocycles. The lowest BCUT2D eigenvalue weighted by atomic mass is 10.2. The van der Waals surface area contributed by atoms with Crippen molar-refractivity contribution < 1.29 is 0 Å². The molecule has 0 fully saturated rings. The van der Waals surface area contributed by atoms with E-state index in [2.05, 4.69) is 53.2 Å². The van der Waals surface area contributed by atoms with Crippen LogP contribution >= 0.6 is 23.6 Å². The van der Waals surface area contributed by atoms with Crippen LogP contribution in [0.15, 0.2) is 24.3 Å². The molecule has 84 valence electrons. The average molecular weight is 251 g/mol. The summed E-state index contributed by atoms with van der Waals surface area (Å²) in [7, 11) is 0. The van der Waals surface area contributed by atoms with E-state index < -0.39 is 0 Å². The summed E-state index contributed by atoms with van der Waals surface area (Å²) in [5.41, 5.74) is 2.40. The lowest BCUT2D eigenvalue weighted by Crippen LogP contribution is -2.15. The Labute approximate surface area is 104 Å². The molecule has 3 nitrogen and oxygen atoms in total. The molecule has 0 spiro atoms. The third kappa shape index (κ3) is 2.31. The molecule has 2 rings (SSSR count). The van der Waals surface area contributed by atoms with Gasteiger partial charge in [-0.3, -0.25) is 5.10 Å². The SMILES string of the molecule is CCN(c1cccc(C)c1)c1n[nH]c(=S)s1. The zero-order valence-corrected chi connectivity index (χ0v) is 10.9. The largest absolute Gasteiger partial charge is 0.317 e. The molecule has 0 saturated carbocycles. The molecule has 2 aromatic rings. The predicted octanol–water partition coefficient (Wildman–Crippen LogP) is 3.67. The van der Waals surface area contributed by atoms with E-state index in [0.717, 1.165) is 17.4 Å². The number of nitrogens with one attached hydrogen (secondary N) is 1. The Morgan fingerprint density at radius 1 is 1.50 bits per heavy atom. The molecule has 0 aliphatic heterocycles. The van der Waals surface area contributed by atoms with Crippen molar-refractivity contribution in [2.45, 2.75) is 13.8 Å². The van der Waals surface area contributed by atoms with Gasteiger partial charge in [0.05, 0.1) is 0 Å². The van der Waals surface area contributed by atoms with Gasteiger partial charge in [-0.25, -0.2) is 0 Å². The molecule has 0 saturated heterocycles. The Bertz CT molecular complexity index is 530. The molecule has 16 heavy (non-hydrogen) atoms. The van der Waals surface area contributed by atoms with Crippen LogP contribution in [0.25, 0.3) is 0 Å². The third-order valence-electron chi connectivity index (χ3n) is 2.29. The number of benzene rings is 1. The van der Waals surface area contributed by atoms with Gasteiger partial charge in [-0.15, -0.1) is 5.10 Å². The minimum Gasteiger partial charge on any atom is -0.317 e. The summed E-state index contributed by atoms with van der Waals surface area (Å²) >= 11 is 6.54. The third-order valence-corrected chi connectivity index (χ3v) is 3.40. The van der Waals surface area contributed by atoms with Crippen molar-refractivity contribution in [2.24, 2.45) is 0 Å². The predicted molar refractivity (Wildman–Crippen MR) is 71.2 cm³/mol. The monoisotopic (exact) mass is 251 g/mol. The van der Waals surface area contributed by atoms with Crippen molar-refractivity contribution in [3.05, 3.63) is 33.8 Å². The summed E-state index contributed by atoms with van der Waals surface area (Å²) in [6, 6.07) is 8.37. The molecule has 1 N–H and O–H groups in total. The fourth-order valence-corrected chi connectivity index (χ4v) is 2.52. The number of aromatic nitrogens is 2. The lowest BCUT2D eigenvalue weighted by Gasteiger charge is -2.19. The van der Waals surface area contributed by atoms with Crippen LogP contribution in [0.3, 0.4) is 0 Å². The number of aryl methyl sites for hydroxylation is 1. The van der Waals surface area contributed by atoms with Crippen LogP contribution in [-0.2, 0) is 0 Å². The van der Waals surface area contributed by atoms with Crippen LogP contribution in [0.2, 0.25) is 0 Å². The van der Waals surface area contributed by atoms with Crippen molar-refractivity contribution in [3.63, 3.8) is 0 Å². The molecule has 0 bridgehead atoms. The minimum atomic E-state index is 0.709. The van der Waals surface area contributed by atoms with Gasteiger partial charge in [-0.05, 0) is 43.8 Å². The lowest BCUT2D eigenvalue weighted by molar-refractivity contribution is 0.967. The van der Waals surface area contributed by atoms with Crippen LogP contribution in [0.4, 0.5) is 10.8 Å². The quantitative estimate of drug-likeness (QED) is 0.845. The molecule has 0 aliphatic carbocycles. The van der Waals surface area contributed by atoms with Crippen molar-refractivity contribution in [2.75, 3.05) is 11.4 Å². The molecular weight excluding hydrogens is 238 g/mol. The number of rotatable bonds is 3. The Morgan fingerprint density at radius 3 is 2.88 bits per heavy atom. The van der Waals surface area contributed by atoms with Gasteiger partial charge in [0.2, 0.25) is 5.13 Å². The van der Waals surface area contributed by atoms with Crippen LogP contribution < -0.4 is 4.90 Å². The maximum Gasteiger partial charge on any atom is 0.211 e. The molecule has 5 heteroatoms. The van der Waals surface area contributed by atoms with Crippen molar-refractivity contribution in [3.8, 4) is 0 Å². The highest BCUT2D eigenvalue weighted by molar-refractivity contribution is 7.73. The summed E-state index contributed by atoms with van der Waals surface area (Å²) in [5.74, 6) is 0. The van der Waals surface area contributed by atoms with Crippen LogP contribution in [-0.4, -0.2) is 16.7 Å². The van der Waals surface area contributed by atoms with E-state index in [9.17, 15) is 0 Å². The van der Waals surface area contributed by atoms with Crippen molar-refractivity contribution in [1.29, 1.82) is 0 Å². The first-order valence-electron chi connectivity index (χ1n) is 5.10. The Kier molecular flexibility index (Phi) is 3.36. The number of hydrogen-bond donors (Lipinski definition) is 1. The van der Waals surface area contributed by atoms with Crippen LogP contribution in [0.5, 0.6) is 0 Å². The molecule has 1 aromatic carbocycles. The van der Waals surface area contributed by atoms with E-state index in [4.69, 9.17) is 12.2 Å². The molecule has 1 aromatic heterocycles. The average Bonchev–Trinajstić information content (AvgIpc) is 2.66. The van der Waals surface area contributed by atoms with E-state index in [1.165, 1.54) is 16.9 Å².